The molecule has 6 unspecified atom stereocenters. The van der Waals surface area contributed by atoms with Crippen LogP contribution in [-0.4, -0.2) is 116 Å². The molecule has 12 rings (SSSR count). The first-order valence-corrected chi connectivity index (χ1v) is 45.8. The molecule has 3 aliphatic carbocycles. The van der Waals surface area contributed by atoms with E-state index in [0.29, 0.717) is 68.5 Å². The summed E-state index contributed by atoms with van der Waals surface area (Å²) in [7, 11) is -6.94. The molecule has 6 atom stereocenters. The van der Waals surface area contributed by atoms with Gasteiger partial charge in [-0.3, -0.25) is 39.0 Å². The van der Waals surface area contributed by atoms with Crippen LogP contribution in [-0.2, 0) is 4.79 Å². The highest BCUT2D eigenvalue weighted by molar-refractivity contribution is 9.10. The van der Waals surface area contributed by atoms with Gasteiger partial charge in [-0.1, -0.05) is 106 Å². The van der Waals surface area contributed by atoms with E-state index < -0.39 is 25.0 Å². The summed E-state index contributed by atoms with van der Waals surface area (Å²) < 4.78 is 60.4. The normalized spacial score (nSPS) is 17.6. The lowest BCUT2D eigenvalue weighted by molar-refractivity contribution is -0.116. The van der Waals surface area contributed by atoms with Crippen LogP contribution in [0.1, 0.15) is 175 Å². The van der Waals surface area contributed by atoms with Crippen molar-refractivity contribution in [1.82, 2.24) is 45.9 Å². The van der Waals surface area contributed by atoms with Gasteiger partial charge in [0, 0.05) is 90.6 Å². The first-order chi connectivity index (χ1) is 49.7. The number of aromatic nitrogens is 6. The zero-order valence-electron chi connectivity index (χ0n) is 64.4. The molecule has 26 heteroatoms. The number of carbonyl (C=O) groups is 4. The van der Waals surface area contributed by atoms with Crippen molar-refractivity contribution in [2.75, 3.05) is 29.9 Å². The standard InChI is InChI=1S/C28H35FN4O3Si.C26H33FN4O2Si.C24H27BrFN3O2Si.C2H7N/c1-8-33(17(2)34)26-20-10-9-15-30-23(20)25(36-37(6,7)28(3,4)5)24(32-26)27(35)31-22-16-21(22)18-11-13-19(29)14-12-18;1-7-28-24-18-9-8-14-29-21(18)23(33-34(5,6)26(2,3)4)22(31-24)25(32)30-20-15-19(20)16-10-12-17(27)13-11-16;1-24(2,3)32(4,5)31-21-19-16(7-6-12-27-19)22(25)29-20(21)23(30)28-18-13-17(18)14-8-10-15(26)11-9-14;1-2-3/h9-15,21-22H,8,16H2,1-7H3,(H,31,35);8-14,19-20H,7,15H2,1-6H3,(H,28,31)(H,30,32);6-12,17-18H,13H2,1-5H3,(H,28,30);2-3H2,1H3. The fraction of sp³-hybridized carbons (Fsp3) is 0.425. The highest BCUT2D eigenvalue weighted by atomic mass is 79.9. The molecule has 9 aromatic rings. The van der Waals surface area contributed by atoms with Gasteiger partial charge in [0.15, 0.2) is 34.3 Å². The fourth-order valence-corrected chi connectivity index (χ4v) is 14.8. The number of halogens is 4. The first-order valence-electron chi connectivity index (χ1n) is 36.2. The Morgan fingerprint density at radius 2 is 0.811 bits per heavy atom. The molecule has 0 spiro atoms. The van der Waals surface area contributed by atoms with E-state index in [9.17, 15) is 32.3 Å². The number of benzene rings is 3. The Balaban J connectivity index is 0.000000181. The smallest absolute Gasteiger partial charge is 0.274 e. The average molecular weight is 1560 g/mol. The lowest BCUT2D eigenvalue weighted by Crippen LogP contribution is -2.44. The Hall–Kier alpha value is -8.70. The third kappa shape index (κ3) is 19.0. The molecule has 564 valence electrons. The maximum absolute atomic E-state index is 13.7. The number of anilines is 2. The Morgan fingerprint density at radius 1 is 0.500 bits per heavy atom. The highest BCUT2D eigenvalue weighted by Gasteiger charge is 2.47. The van der Waals surface area contributed by atoms with Crippen LogP contribution in [0.5, 0.6) is 17.2 Å². The fourth-order valence-electron chi connectivity index (χ4n) is 11.3. The van der Waals surface area contributed by atoms with Gasteiger partial charge in [0.2, 0.25) is 5.91 Å². The lowest BCUT2D eigenvalue weighted by atomic mass is 10.1. The van der Waals surface area contributed by atoms with E-state index in [-0.39, 0.29) is 109 Å². The third-order valence-electron chi connectivity index (χ3n) is 20.7. The molecule has 3 aromatic carbocycles. The van der Waals surface area contributed by atoms with Crippen LogP contribution in [0.3, 0.4) is 0 Å². The Morgan fingerprint density at radius 3 is 1.14 bits per heavy atom. The number of rotatable bonds is 19. The zero-order chi connectivity index (χ0) is 77.8. The van der Waals surface area contributed by atoms with E-state index >= 15 is 0 Å². The summed E-state index contributed by atoms with van der Waals surface area (Å²) in [6.07, 6.45) is 7.43. The highest BCUT2D eigenvalue weighted by Crippen LogP contribution is 2.48. The summed E-state index contributed by atoms with van der Waals surface area (Å²) in [5.41, 5.74) is 10.2. The van der Waals surface area contributed by atoms with Gasteiger partial charge in [0.25, 0.3) is 42.7 Å². The van der Waals surface area contributed by atoms with Crippen LogP contribution >= 0.6 is 15.9 Å². The van der Waals surface area contributed by atoms with Gasteiger partial charge in [0.1, 0.15) is 50.2 Å². The van der Waals surface area contributed by atoms with Gasteiger partial charge in [-0.15, -0.1) is 0 Å². The quantitative estimate of drug-likeness (QED) is 0.0373. The van der Waals surface area contributed by atoms with E-state index in [4.69, 9.17) is 29.0 Å². The van der Waals surface area contributed by atoms with Crippen LogP contribution in [0.2, 0.25) is 54.4 Å². The minimum atomic E-state index is -2.39. The van der Waals surface area contributed by atoms with Crippen molar-refractivity contribution in [3.05, 3.63) is 184 Å². The number of nitrogens with two attached hydrogens (primary N) is 1. The Bertz CT molecular complexity index is 4670. The second-order valence-corrected chi connectivity index (χ2v) is 46.7. The van der Waals surface area contributed by atoms with Crippen molar-refractivity contribution < 1.29 is 45.6 Å². The monoisotopic (exact) mass is 1560 g/mol. The summed E-state index contributed by atoms with van der Waals surface area (Å²) >= 11 is 3.50. The minimum absolute atomic E-state index is 0.0197. The Kier molecular flexibility index (Phi) is 25.2. The van der Waals surface area contributed by atoms with Crippen molar-refractivity contribution in [3.8, 4) is 17.2 Å². The molecule has 19 nitrogen and oxygen atoms in total. The zero-order valence-corrected chi connectivity index (χ0v) is 69.0. The first kappa shape index (κ1) is 81.4. The summed E-state index contributed by atoms with van der Waals surface area (Å²) in [6.45, 7) is 41.1. The molecular formula is C80H102BrF3N12O7Si3. The summed E-state index contributed by atoms with van der Waals surface area (Å²) in [4.78, 5) is 82.4. The molecule has 3 saturated carbocycles. The summed E-state index contributed by atoms with van der Waals surface area (Å²) in [6, 6.07) is 30.3. The maximum Gasteiger partial charge on any atom is 0.274 e. The second-order valence-electron chi connectivity index (χ2n) is 31.7. The van der Waals surface area contributed by atoms with Crippen molar-refractivity contribution in [1.29, 1.82) is 0 Å². The molecule has 0 bridgehead atoms. The van der Waals surface area contributed by atoms with Gasteiger partial charge in [-0.2, -0.15) is 0 Å². The largest absolute Gasteiger partial charge is 0.540 e. The molecule has 3 aliphatic rings. The number of hydrogen-bond acceptors (Lipinski definition) is 15. The SMILES string of the molecule is CC(C)(C)[Si](C)(C)Oc1c(C(=O)NC2CC2c2ccc(F)cc2)nc(Br)c2cccnc12.CCN.CCN(C(C)=O)c1nc(C(=O)NC2CC2c2ccc(F)cc2)c(O[Si](C)(C)C(C)(C)C)c2ncccc12.CCNc1nc(C(=O)NC2CC2c2ccc(F)cc2)c(O[Si](C)(C)C(C)(C)C)c2ncccc12. The predicted molar refractivity (Wildman–Crippen MR) is 427 cm³/mol. The molecule has 6 aromatic heterocycles. The van der Waals surface area contributed by atoms with Crippen molar-refractivity contribution >= 4 is 109 Å². The topological polar surface area (TPSA) is 251 Å². The number of nitrogens with zero attached hydrogens (tertiary/aromatic N) is 7. The van der Waals surface area contributed by atoms with Gasteiger partial charge in [-0.05, 0) is 199 Å². The molecular weight excluding hydrogens is 1460 g/mol. The minimum Gasteiger partial charge on any atom is -0.540 e. The third-order valence-corrected chi connectivity index (χ3v) is 34.3. The molecule has 0 radical (unpaired) electrons. The van der Waals surface area contributed by atoms with E-state index in [2.05, 4.69) is 159 Å². The van der Waals surface area contributed by atoms with E-state index in [0.717, 1.165) is 53.3 Å². The van der Waals surface area contributed by atoms with Crippen molar-refractivity contribution in [2.45, 2.75) is 200 Å². The molecule has 0 saturated heterocycles. The molecule has 4 amide bonds. The van der Waals surface area contributed by atoms with E-state index in [1.807, 2.05) is 51.1 Å². The van der Waals surface area contributed by atoms with Crippen LogP contribution in [0, 0.1) is 17.5 Å². The predicted octanol–water partition coefficient (Wildman–Crippen LogP) is 17.8. The van der Waals surface area contributed by atoms with Crippen molar-refractivity contribution in [3.63, 3.8) is 0 Å². The summed E-state index contributed by atoms with van der Waals surface area (Å²) in [5.74, 6) is 0.737. The maximum atomic E-state index is 13.7. The molecule has 0 aliphatic heterocycles. The van der Waals surface area contributed by atoms with Gasteiger partial charge < -0.3 is 40.3 Å². The molecule has 6 heterocycles. The number of fused-ring (bicyclic) bond motifs is 3. The van der Waals surface area contributed by atoms with Crippen LogP contribution in [0.4, 0.5) is 24.8 Å². The van der Waals surface area contributed by atoms with Gasteiger partial charge in [-0.25, -0.2) is 28.1 Å². The number of amides is 4. The second kappa shape index (κ2) is 32.8. The van der Waals surface area contributed by atoms with Crippen LogP contribution < -0.4 is 45.2 Å². The van der Waals surface area contributed by atoms with Crippen LogP contribution in [0.25, 0.3) is 32.7 Å². The molecule has 6 N–H and O–H groups in total. The summed E-state index contributed by atoms with van der Waals surface area (Å²) in [5, 5.41) is 14.6. The molecule has 3 fully saturated rings. The number of hydrogen-bond donors (Lipinski definition) is 5. The van der Waals surface area contributed by atoms with E-state index in [1.165, 1.54) is 48.2 Å². The number of pyridine rings is 6. The lowest BCUT2D eigenvalue weighted by Gasteiger charge is -2.37. The number of nitrogens with one attached hydrogen (secondary N) is 4. The van der Waals surface area contributed by atoms with Gasteiger partial charge in [0.05, 0.1) is 0 Å². The van der Waals surface area contributed by atoms with Crippen LogP contribution in [0.15, 0.2) is 132 Å². The van der Waals surface area contributed by atoms with Gasteiger partial charge >= 0.3 is 0 Å². The van der Waals surface area contributed by atoms with E-state index in [1.54, 1.807) is 61.1 Å². The Labute approximate surface area is 632 Å². The average Bonchev–Trinajstić information content (AvgIpc) is 1.26. The molecule has 106 heavy (non-hydrogen) atoms. The van der Waals surface area contributed by atoms with Crippen molar-refractivity contribution in [2.24, 2.45) is 5.73 Å². The number of carbonyl (C=O) groups excluding carboxylic acids is 4.